The van der Waals surface area contributed by atoms with Gasteiger partial charge >= 0.3 is 11.7 Å². The van der Waals surface area contributed by atoms with Gasteiger partial charge in [-0.15, -0.1) is 5.10 Å². The Bertz CT molecular complexity index is 672. The lowest BCUT2D eigenvalue weighted by atomic mass is 9.87. The van der Waals surface area contributed by atoms with Gasteiger partial charge in [-0.1, -0.05) is 6.42 Å². The van der Waals surface area contributed by atoms with E-state index in [0.29, 0.717) is 25.0 Å². The lowest BCUT2D eigenvalue weighted by Crippen LogP contribution is -2.24. The van der Waals surface area contributed by atoms with Gasteiger partial charge in [0.2, 0.25) is 0 Å². The fourth-order valence-corrected chi connectivity index (χ4v) is 1.96. The smallest absolute Gasteiger partial charge is 0.350 e. The number of aromatic nitrogens is 4. The lowest BCUT2D eigenvalue weighted by Gasteiger charge is -2.18. The van der Waals surface area contributed by atoms with E-state index in [1.54, 1.807) is 20.0 Å². The number of aryl methyl sites for hydroxylation is 1. The van der Waals surface area contributed by atoms with E-state index in [-0.39, 0.29) is 5.69 Å². The number of nitrogens with zero attached hydrogens (tertiary/aromatic N) is 4. The van der Waals surface area contributed by atoms with Crippen LogP contribution in [0.3, 0.4) is 0 Å². The zero-order valence-electron chi connectivity index (χ0n) is 11.6. The number of carbonyl (C=O) groups is 1. The number of hydrogen-bond acceptors (Lipinski definition) is 4. The third-order valence-electron chi connectivity index (χ3n) is 3.39. The standard InChI is InChI=1S/C13H18N4O3/c1-13(2,11(18)19)5-3-4-7-17-12(20)16-8-6-14-9-10(16)15-17/h6,8-9H,3-5,7H2,1-2H3,(H,18,19). The second kappa shape index (κ2) is 5.44. The molecule has 0 atom stereocenters. The van der Waals surface area contributed by atoms with Gasteiger partial charge in [-0.3, -0.25) is 9.78 Å². The van der Waals surface area contributed by atoms with Crippen molar-refractivity contribution in [2.45, 2.75) is 39.7 Å². The average molecular weight is 278 g/mol. The van der Waals surface area contributed by atoms with Gasteiger partial charge in [-0.05, 0) is 26.7 Å². The van der Waals surface area contributed by atoms with E-state index in [1.165, 1.54) is 21.5 Å². The maximum Gasteiger partial charge on any atom is 0.350 e. The highest BCUT2D eigenvalue weighted by molar-refractivity contribution is 5.73. The molecular formula is C13H18N4O3. The molecule has 0 spiro atoms. The summed E-state index contributed by atoms with van der Waals surface area (Å²) in [6, 6.07) is 0. The fraction of sp³-hybridized carbons (Fsp3) is 0.538. The topological polar surface area (TPSA) is 89.5 Å². The summed E-state index contributed by atoms with van der Waals surface area (Å²) in [6.45, 7) is 3.90. The predicted molar refractivity (Wildman–Crippen MR) is 72.5 cm³/mol. The minimum absolute atomic E-state index is 0.195. The molecule has 2 heterocycles. The van der Waals surface area contributed by atoms with Crippen molar-refractivity contribution in [2.24, 2.45) is 5.41 Å². The minimum atomic E-state index is -0.798. The molecule has 0 aliphatic heterocycles. The number of aliphatic carboxylic acids is 1. The Labute approximate surface area is 115 Å². The van der Waals surface area contributed by atoms with Crippen LogP contribution in [-0.2, 0) is 11.3 Å². The molecule has 0 unspecified atom stereocenters. The first-order valence-electron chi connectivity index (χ1n) is 6.54. The van der Waals surface area contributed by atoms with Crippen molar-refractivity contribution in [3.05, 3.63) is 29.1 Å². The number of fused-ring (bicyclic) bond motifs is 1. The highest BCUT2D eigenvalue weighted by atomic mass is 16.4. The van der Waals surface area contributed by atoms with Crippen molar-refractivity contribution in [3.8, 4) is 0 Å². The van der Waals surface area contributed by atoms with Gasteiger partial charge in [0.1, 0.15) is 0 Å². The third kappa shape index (κ3) is 2.87. The number of hydrogen-bond donors (Lipinski definition) is 1. The first kappa shape index (κ1) is 14.2. The van der Waals surface area contributed by atoms with Gasteiger partial charge in [0.05, 0.1) is 11.6 Å². The predicted octanol–water partition coefficient (Wildman–Crippen LogP) is 1.17. The fourth-order valence-electron chi connectivity index (χ4n) is 1.96. The van der Waals surface area contributed by atoms with Crippen molar-refractivity contribution in [2.75, 3.05) is 0 Å². The Kier molecular flexibility index (Phi) is 3.87. The van der Waals surface area contributed by atoms with Gasteiger partial charge < -0.3 is 5.11 Å². The summed E-state index contributed by atoms with van der Waals surface area (Å²) < 4.78 is 2.83. The molecule has 0 saturated heterocycles. The average Bonchev–Trinajstić information content (AvgIpc) is 2.72. The molecule has 0 radical (unpaired) electrons. The number of carboxylic acids is 1. The van der Waals surface area contributed by atoms with Crippen LogP contribution in [0.5, 0.6) is 0 Å². The summed E-state index contributed by atoms with van der Waals surface area (Å²) in [5.41, 5.74) is -0.406. The van der Waals surface area contributed by atoms with E-state index in [2.05, 4.69) is 10.1 Å². The third-order valence-corrected chi connectivity index (χ3v) is 3.39. The lowest BCUT2D eigenvalue weighted by molar-refractivity contribution is -0.147. The Morgan fingerprint density at radius 1 is 1.40 bits per heavy atom. The van der Waals surface area contributed by atoms with Crippen LogP contribution in [-0.4, -0.2) is 30.2 Å². The molecule has 0 saturated carbocycles. The summed E-state index contributed by atoms with van der Waals surface area (Å²) in [5.74, 6) is -0.798. The molecule has 0 aliphatic rings. The van der Waals surface area contributed by atoms with Crippen molar-refractivity contribution >= 4 is 11.6 Å². The first-order valence-corrected chi connectivity index (χ1v) is 6.54. The van der Waals surface area contributed by atoms with E-state index in [9.17, 15) is 9.59 Å². The van der Waals surface area contributed by atoms with E-state index < -0.39 is 11.4 Å². The second-order valence-corrected chi connectivity index (χ2v) is 5.46. The molecule has 20 heavy (non-hydrogen) atoms. The second-order valence-electron chi connectivity index (χ2n) is 5.46. The molecule has 108 valence electrons. The monoisotopic (exact) mass is 278 g/mol. The number of carboxylic acid groups (broad SMARTS) is 1. The molecule has 7 nitrogen and oxygen atoms in total. The van der Waals surface area contributed by atoms with Crippen LogP contribution in [0, 0.1) is 5.41 Å². The molecule has 1 N–H and O–H groups in total. The first-order chi connectivity index (χ1) is 9.42. The summed E-state index contributed by atoms with van der Waals surface area (Å²) in [6.07, 6.45) is 6.67. The molecule has 2 aromatic heterocycles. The van der Waals surface area contributed by atoms with E-state index in [1.807, 2.05) is 0 Å². The number of unbranched alkanes of at least 4 members (excludes halogenated alkanes) is 1. The molecule has 0 aromatic carbocycles. The van der Waals surface area contributed by atoms with Gasteiger partial charge in [-0.25, -0.2) is 13.9 Å². The van der Waals surface area contributed by atoms with Crippen LogP contribution in [0.4, 0.5) is 0 Å². The molecular weight excluding hydrogens is 260 g/mol. The Morgan fingerprint density at radius 2 is 2.15 bits per heavy atom. The van der Waals surface area contributed by atoms with E-state index in [0.717, 1.165) is 6.42 Å². The van der Waals surface area contributed by atoms with Crippen LogP contribution in [0.15, 0.2) is 23.4 Å². The zero-order valence-corrected chi connectivity index (χ0v) is 11.6. The highest BCUT2D eigenvalue weighted by Gasteiger charge is 2.26. The van der Waals surface area contributed by atoms with Crippen molar-refractivity contribution in [3.63, 3.8) is 0 Å². The van der Waals surface area contributed by atoms with Crippen LogP contribution in [0.2, 0.25) is 0 Å². The van der Waals surface area contributed by atoms with Gasteiger partial charge in [-0.2, -0.15) is 0 Å². The molecule has 0 amide bonds. The van der Waals surface area contributed by atoms with Crippen molar-refractivity contribution < 1.29 is 9.90 Å². The molecule has 7 heteroatoms. The van der Waals surface area contributed by atoms with Crippen LogP contribution >= 0.6 is 0 Å². The maximum atomic E-state index is 12.0. The molecule has 0 bridgehead atoms. The Hall–Kier alpha value is -2.18. The van der Waals surface area contributed by atoms with Crippen molar-refractivity contribution in [1.29, 1.82) is 0 Å². The molecule has 0 fully saturated rings. The zero-order chi connectivity index (χ0) is 14.8. The van der Waals surface area contributed by atoms with Gasteiger partial charge in [0, 0.05) is 18.9 Å². The molecule has 0 aliphatic carbocycles. The van der Waals surface area contributed by atoms with Crippen LogP contribution < -0.4 is 5.69 Å². The highest BCUT2D eigenvalue weighted by Crippen LogP contribution is 2.23. The summed E-state index contributed by atoms with van der Waals surface area (Å²) >= 11 is 0. The molecule has 2 rings (SSSR count). The number of rotatable bonds is 6. The van der Waals surface area contributed by atoms with E-state index in [4.69, 9.17) is 5.11 Å². The van der Waals surface area contributed by atoms with Gasteiger partial charge in [0.15, 0.2) is 5.65 Å². The normalized spacial score (nSPS) is 11.9. The SMILES string of the molecule is CC(C)(CCCCn1nc2cnccn2c1=O)C(=O)O. The minimum Gasteiger partial charge on any atom is -0.481 e. The summed E-state index contributed by atoms with van der Waals surface area (Å²) in [4.78, 5) is 26.9. The van der Waals surface area contributed by atoms with Gasteiger partial charge in [0.25, 0.3) is 0 Å². The largest absolute Gasteiger partial charge is 0.481 e. The van der Waals surface area contributed by atoms with Crippen molar-refractivity contribution in [1.82, 2.24) is 19.2 Å². The quantitative estimate of drug-likeness (QED) is 0.801. The summed E-state index contributed by atoms with van der Waals surface area (Å²) in [5, 5.41) is 13.2. The Balaban J connectivity index is 1.95. The Morgan fingerprint density at radius 3 is 2.80 bits per heavy atom. The van der Waals surface area contributed by atoms with Crippen LogP contribution in [0.25, 0.3) is 5.65 Å². The summed E-state index contributed by atoms with van der Waals surface area (Å²) in [7, 11) is 0. The maximum absolute atomic E-state index is 12.0. The van der Waals surface area contributed by atoms with Crippen LogP contribution in [0.1, 0.15) is 33.1 Å². The molecule has 2 aromatic rings. The van der Waals surface area contributed by atoms with E-state index >= 15 is 0 Å².